The molecule has 0 spiro atoms. The second-order valence-corrected chi connectivity index (χ2v) is 8.00. The summed E-state index contributed by atoms with van der Waals surface area (Å²) in [5.74, 6) is 0.110. The Balaban J connectivity index is 1.87. The molecule has 6 nitrogen and oxygen atoms in total. The first kappa shape index (κ1) is 21.0. The zero-order valence-corrected chi connectivity index (χ0v) is 17.6. The molecule has 0 radical (unpaired) electrons. The molecule has 0 aliphatic rings. The Morgan fingerprint density at radius 3 is 2.48 bits per heavy atom. The van der Waals surface area contributed by atoms with Crippen molar-refractivity contribution in [3.63, 3.8) is 0 Å². The molecule has 29 heavy (non-hydrogen) atoms. The average molecular weight is 412 g/mol. The molecule has 0 saturated carbocycles. The van der Waals surface area contributed by atoms with Crippen LogP contribution in [0.25, 0.3) is 0 Å². The summed E-state index contributed by atoms with van der Waals surface area (Å²) in [5.41, 5.74) is 2.17. The number of thiophene rings is 1. The molecule has 0 fully saturated rings. The van der Waals surface area contributed by atoms with Gasteiger partial charge in [-0.15, -0.1) is 11.3 Å². The molecular weight excluding hydrogens is 386 g/mol. The largest absolute Gasteiger partial charge is 0.383 e. The van der Waals surface area contributed by atoms with Gasteiger partial charge in [0.1, 0.15) is 5.69 Å². The maximum atomic E-state index is 12.9. The molecule has 7 heteroatoms. The molecule has 0 saturated heterocycles. The van der Waals surface area contributed by atoms with Gasteiger partial charge >= 0.3 is 0 Å². The fourth-order valence-corrected chi connectivity index (χ4v) is 3.76. The predicted octanol–water partition coefficient (Wildman–Crippen LogP) is 3.59. The number of aromatic nitrogens is 2. The van der Waals surface area contributed by atoms with Crippen LogP contribution in [-0.2, 0) is 11.3 Å². The van der Waals surface area contributed by atoms with Crippen LogP contribution in [0.15, 0.2) is 58.7 Å². The van der Waals surface area contributed by atoms with Gasteiger partial charge in [-0.25, -0.2) is 4.68 Å². The second-order valence-electron chi connectivity index (χ2n) is 7.02. The van der Waals surface area contributed by atoms with Gasteiger partial charge in [0.25, 0.3) is 11.5 Å². The Labute approximate surface area is 174 Å². The highest BCUT2D eigenvalue weighted by Gasteiger charge is 2.20. The summed E-state index contributed by atoms with van der Waals surface area (Å²) < 4.78 is 6.25. The molecule has 2 heterocycles. The van der Waals surface area contributed by atoms with Crippen LogP contribution >= 0.6 is 11.3 Å². The molecule has 3 aromatic rings. The molecule has 0 bridgehead atoms. The van der Waals surface area contributed by atoms with E-state index in [1.807, 2.05) is 29.6 Å². The number of methoxy groups -OCH3 is 1. The molecule has 0 aliphatic heterocycles. The Morgan fingerprint density at radius 1 is 1.14 bits per heavy atom. The number of ether oxygens (including phenoxy) is 1. The van der Waals surface area contributed by atoms with E-state index < -0.39 is 0 Å². The summed E-state index contributed by atoms with van der Waals surface area (Å²) in [7, 11) is 1.55. The maximum absolute atomic E-state index is 12.9. The zero-order valence-electron chi connectivity index (χ0n) is 16.8. The van der Waals surface area contributed by atoms with Crippen molar-refractivity contribution in [3.05, 3.63) is 86.0 Å². The van der Waals surface area contributed by atoms with E-state index in [9.17, 15) is 9.59 Å². The summed E-state index contributed by atoms with van der Waals surface area (Å²) in [4.78, 5) is 25.9. The fourth-order valence-electron chi connectivity index (χ4n) is 2.96. The normalized spacial score (nSPS) is 12.1. The monoisotopic (exact) mass is 411 g/mol. The Bertz CT molecular complexity index is 995. The molecule has 1 N–H and O–H groups in total. The second kappa shape index (κ2) is 9.62. The molecular formula is C22H25N3O3S. The summed E-state index contributed by atoms with van der Waals surface area (Å²) in [5, 5.41) is 9.24. The molecule has 2 aromatic heterocycles. The third kappa shape index (κ3) is 5.19. The van der Waals surface area contributed by atoms with Crippen LogP contribution in [0.5, 0.6) is 0 Å². The van der Waals surface area contributed by atoms with Crippen molar-refractivity contribution in [2.45, 2.75) is 32.4 Å². The average Bonchev–Trinajstić information content (AvgIpc) is 3.26. The highest BCUT2D eigenvalue weighted by molar-refractivity contribution is 7.10. The third-order valence-electron chi connectivity index (χ3n) is 4.65. The van der Waals surface area contributed by atoms with Gasteiger partial charge in [0.05, 0.1) is 19.2 Å². The maximum Gasteiger partial charge on any atom is 0.272 e. The van der Waals surface area contributed by atoms with Crippen LogP contribution < -0.4 is 10.9 Å². The van der Waals surface area contributed by atoms with E-state index in [1.165, 1.54) is 22.4 Å². The van der Waals surface area contributed by atoms with Crippen LogP contribution in [0.1, 0.15) is 52.3 Å². The molecule has 1 amide bonds. The Hall–Kier alpha value is -2.77. The number of rotatable bonds is 8. The summed E-state index contributed by atoms with van der Waals surface area (Å²) in [6.07, 6.45) is 0. The highest BCUT2D eigenvalue weighted by Crippen LogP contribution is 2.27. The van der Waals surface area contributed by atoms with Gasteiger partial charge in [-0.05, 0) is 34.6 Å². The minimum absolute atomic E-state index is 0.195. The molecule has 1 atom stereocenters. The van der Waals surface area contributed by atoms with E-state index in [-0.39, 0.29) is 23.2 Å². The van der Waals surface area contributed by atoms with Crippen molar-refractivity contribution >= 4 is 17.2 Å². The Kier molecular flexibility index (Phi) is 6.95. The SMILES string of the molecule is COCCn1nc(C(=O)NC(c2ccc(C(C)C)cc2)c2cccs2)ccc1=O. The standard InChI is InChI=1S/C22H25N3O3S/c1-15(2)16-6-8-17(9-7-16)21(19-5-4-14-29-19)23-22(27)18-10-11-20(26)25(24-18)12-13-28-3/h4-11,14-15,21H,12-13H2,1-3H3,(H,23,27). The van der Waals surface area contributed by atoms with Crippen molar-refractivity contribution in [1.82, 2.24) is 15.1 Å². The van der Waals surface area contributed by atoms with Crippen molar-refractivity contribution in [2.24, 2.45) is 0 Å². The molecule has 152 valence electrons. The third-order valence-corrected chi connectivity index (χ3v) is 5.58. The van der Waals surface area contributed by atoms with Crippen LogP contribution in [0.3, 0.4) is 0 Å². The van der Waals surface area contributed by atoms with Gasteiger partial charge in [-0.1, -0.05) is 44.2 Å². The summed E-state index contributed by atoms with van der Waals surface area (Å²) in [6.45, 7) is 4.94. The number of hydrogen-bond acceptors (Lipinski definition) is 5. The van der Waals surface area contributed by atoms with Gasteiger partial charge in [0.2, 0.25) is 0 Å². The molecule has 1 aromatic carbocycles. The topological polar surface area (TPSA) is 73.2 Å². The minimum Gasteiger partial charge on any atom is -0.383 e. The molecule has 0 aliphatic carbocycles. The summed E-state index contributed by atoms with van der Waals surface area (Å²) >= 11 is 1.58. The molecule has 1 unspecified atom stereocenters. The van der Waals surface area contributed by atoms with Crippen LogP contribution in [0.2, 0.25) is 0 Å². The lowest BCUT2D eigenvalue weighted by atomic mass is 9.98. The number of carbonyl (C=O) groups excluding carboxylic acids is 1. The first-order chi connectivity index (χ1) is 14.0. The smallest absolute Gasteiger partial charge is 0.272 e. The minimum atomic E-state index is -0.331. The lowest BCUT2D eigenvalue weighted by Crippen LogP contribution is -2.32. The van der Waals surface area contributed by atoms with Gasteiger partial charge in [0, 0.05) is 18.1 Å². The number of nitrogens with one attached hydrogen (secondary N) is 1. The Morgan fingerprint density at radius 2 is 1.86 bits per heavy atom. The highest BCUT2D eigenvalue weighted by atomic mass is 32.1. The predicted molar refractivity (Wildman–Crippen MR) is 115 cm³/mol. The van der Waals surface area contributed by atoms with Crippen LogP contribution in [0, 0.1) is 0 Å². The van der Waals surface area contributed by atoms with E-state index in [0.717, 1.165) is 10.4 Å². The first-order valence-electron chi connectivity index (χ1n) is 9.51. The van der Waals surface area contributed by atoms with E-state index in [0.29, 0.717) is 19.1 Å². The van der Waals surface area contributed by atoms with E-state index in [2.05, 4.69) is 36.4 Å². The van der Waals surface area contributed by atoms with Crippen LogP contribution in [0.4, 0.5) is 0 Å². The zero-order chi connectivity index (χ0) is 20.8. The lowest BCUT2D eigenvalue weighted by Gasteiger charge is -2.19. The lowest BCUT2D eigenvalue weighted by molar-refractivity contribution is 0.0934. The number of nitrogens with zero attached hydrogens (tertiary/aromatic N) is 2. The fraction of sp³-hybridized carbons (Fsp3) is 0.318. The van der Waals surface area contributed by atoms with Gasteiger partial charge in [-0.2, -0.15) is 5.10 Å². The number of benzene rings is 1. The first-order valence-corrected chi connectivity index (χ1v) is 10.4. The van der Waals surface area contributed by atoms with Crippen molar-refractivity contribution < 1.29 is 9.53 Å². The molecule has 3 rings (SSSR count). The summed E-state index contributed by atoms with van der Waals surface area (Å²) in [6, 6.07) is 14.8. The van der Waals surface area contributed by atoms with Crippen molar-refractivity contribution in [3.8, 4) is 0 Å². The quantitative estimate of drug-likeness (QED) is 0.615. The number of carbonyl (C=O) groups is 1. The van der Waals surface area contributed by atoms with Gasteiger partial charge in [0.15, 0.2) is 0 Å². The van der Waals surface area contributed by atoms with E-state index in [4.69, 9.17) is 4.74 Å². The van der Waals surface area contributed by atoms with Gasteiger partial charge < -0.3 is 10.1 Å². The number of amides is 1. The number of hydrogen-bond donors (Lipinski definition) is 1. The van der Waals surface area contributed by atoms with E-state index >= 15 is 0 Å². The van der Waals surface area contributed by atoms with Crippen LogP contribution in [-0.4, -0.2) is 29.4 Å². The van der Waals surface area contributed by atoms with Crippen molar-refractivity contribution in [1.29, 1.82) is 0 Å². The van der Waals surface area contributed by atoms with Crippen molar-refractivity contribution in [2.75, 3.05) is 13.7 Å². The van der Waals surface area contributed by atoms with E-state index in [1.54, 1.807) is 18.4 Å². The van der Waals surface area contributed by atoms with Gasteiger partial charge in [-0.3, -0.25) is 9.59 Å².